The van der Waals surface area contributed by atoms with Crippen LogP contribution in [0.3, 0.4) is 0 Å². The summed E-state index contributed by atoms with van der Waals surface area (Å²) in [5.41, 5.74) is 3.64. The van der Waals surface area contributed by atoms with E-state index >= 15 is 0 Å². The summed E-state index contributed by atoms with van der Waals surface area (Å²) in [6.45, 7) is 3.24. The van der Waals surface area contributed by atoms with E-state index in [-0.39, 0.29) is 24.1 Å². The number of nitrogens with one attached hydrogen (secondary N) is 3. The molecule has 1 heterocycles. The Kier molecular flexibility index (Phi) is 8.66. The highest BCUT2D eigenvalue weighted by Gasteiger charge is 2.25. The number of amidine groups is 2. The van der Waals surface area contributed by atoms with Gasteiger partial charge in [-0.05, 0) is 49.4 Å². The zero-order valence-corrected chi connectivity index (χ0v) is 21.2. The lowest BCUT2D eigenvalue weighted by Crippen LogP contribution is -2.35. The van der Waals surface area contributed by atoms with E-state index in [1.165, 1.54) is 0 Å². The van der Waals surface area contributed by atoms with E-state index < -0.39 is 0 Å². The van der Waals surface area contributed by atoms with Crippen molar-refractivity contribution >= 4 is 40.6 Å². The van der Waals surface area contributed by atoms with Crippen LogP contribution in [0.2, 0.25) is 5.02 Å². The Balaban J connectivity index is 1.38. The number of hydrogen-bond acceptors (Lipinski definition) is 6. The van der Waals surface area contributed by atoms with Gasteiger partial charge >= 0.3 is 0 Å². The SMILES string of the molecule is CC(=N)N1C(=N)CN=C(c2ccc(Cl)cc2)c2cc(OCCOCCNC(=O)c3ccccc3)ccc21. The molecule has 0 atom stereocenters. The quantitative estimate of drug-likeness (QED) is 0.215. The van der Waals surface area contributed by atoms with Crippen LogP contribution in [0.15, 0.2) is 77.8 Å². The summed E-state index contributed by atoms with van der Waals surface area (Å²) in [5, 5.41) is 20.1. The summed E-state index contributed by atoms with van der Waals surface area (Å²) in [6.07, 6.45) is 0. The maximum absolute atomic E-state index is 12.1. The minimum Gasteiger partial charge on any atom is -0.491 e. The molecule has 190 valence electrons. The van der Waals surface area contributed by atoms with E-state index in [0.717, 1.165) is 11.1 Å². The van der Waals surface area contributed by atoms with E-state index in [9.17, 15) is 4.79 Å². The molecule has 0 bridgehead atoms. The van der Waals surface area contributed by atoms with Gasteiger partial charge in [0.05, 0.1) is 31.2 Å². The number of anilines is 1. The van der Waals surface area contributed by atoms with Gasteiger partial charge in [0, 0.05) is 28.3 Å². The topological polar surface area (TPSA) is 111 Å². The molecule has 37 heavy (non-hydrogen) atoms. The van der Waals surface area contributed by atoms with Gasteiger partial charge in [-0.15, -0.1) is 0 Å². The van der Waals surface area contributed by atoms with Crippen molar-refractivity contribution in [2.45, 2.75) is 6.92 Å². The Morgan fingerprint density at radius 2 is 1.81 bits per heavy atom. The van der Waals surface area contributed by atoms with Crippen molar-refractivity contribution in [3.63, 3.8) is 0 Å². The molecule has 0 fully saturated rings. The molecule has 3 aromatic carbocycles. The molecular formula is C28H28ClN5O3. The lowest BCUT2D eigenvalue weighted by atomic mass is 9.99. The normalized spacial score (nSPS) is 12.9. The van der Waals surface area contributed by atoms with Crippen LogP contribution in [0.4, 0.5) is 5.69 Å². The number of carbonyl (C=O) groups is 1. The molecule has 9 heteroatoms. The van der Waals surface area contributed by atoms with Crippen LogP contribution >= 0.6 is 11.6 Å². The van der Waals surface area contributed by atoms with Gasteiger partial charge in [0.25, 0.3) is 5.91 Å². The van der Waals surface area contributed by atoms with Crippen molar-refractivity contribution in [1.29, 1.82) is 10.8 Å². The van der Waals surface area contributed by atoms with Gasteiger partial charge in [0.1, 0.15) is 24.0 Å². The largest absolute Gasteiger partial charge is 0.491 e. The van der Waals surface area contributed by atoms with Gasteiger partial charge in [0.15, 0.2) is 0 Å². The number of halogens is 1. The summed E-state index contributed by atoms with van der Waals surface area (Å²) in [6, 6.07) is 21.9. The molecule has 1 aliphatic rings. The van der Waals surface area contributed by atoms with Crippen molar-refractivity contribution in [2.75, 3.05) is 37.8 Å². The van der Waals surface area contributed by atoms with Gasteiger partial charge in [-0.25, -0.2) is 0 Å². The van der Waals surface area contributed by atoms with E-state index in [1.807, 2.05) is 48.5 Å². The fourth-order valence-corrected chi connectivity index (χ4v) is 4.06. The van der Waals surface area contributed by atoms with E-state index in [4.69, 9.17) is 31.9 Å². The van der Waals surface area contributed by atoms with Gasteiger partial charge in [-0.1, -0.05) is 41.9 Å². The van der Waals surface area contributed by atoms with Crippen LogP contribution in [0.1, 0.15) is 28.4 Å². The van der Waals surface area contributed by atoms with Crippen molar-refractivity contribution in [3.05, 3.63) is 94.5 Å². The molecule has 0 saturated carbocycles. The third kappa shape index (κ3) is 6.61. The Morgan fingerprint density at radius 1 is 1.05 bits per heavy atom. The monoisotopic (exact) mass is 517 g/mol. The number of fused-ring (bicyclic) bond motifs is 1. The van der Waals surface area contributed by atoms with E-state index in [1.54, 1.807) is 36.1 Å². The molecule has 1 amide bonds. The zero-order chi connectivity index (χ0) is 26.2. The Hall–Kier alpha value is -4.01. The fraction of sp³-hybridized carbons (Fsp3) is 0.214. The molecule has 0 aliphatic carbocycles. The average Bonchev–Trinajstić information content (AvgIpc) is 3.04. The van der Waals surface area contributed by atoms with Crippen LogP contribution in [0, 0.1) is 10.8 Å². The standard InChI is InChI=1S/C28H28ClN5O3/c1-19(30)34-25-12-11-23(37-16-15-36-14-13-32-28(35)21-5-3-2-4-6-21)17-24(25)27(33-18-26(34)31)20-7-9-22(29)10-8-20/h2-12,17,30-31H,13-16,18H2,1H3,(H,32,35). The highest BCUT2D eigenvalue weighted by atomic mass is 35.5. The number of amides is 1. The molecule has 0 aromatic heterocycles. The maximum atomic E-state index is 12.1. The minimum absolute atomic E-state index is 0.133. The summed E-state index contributed by atoms with van der Waals surface area (Å²) < 4.78 is 11.5. The number of benzene rings is 3. The molecular weight excluding hydrogens is 490 g/mol. The van der Waals surface area contributed by atoms with Crippen LogP contribution in [-0.2, 0) is 4.74 Å². The second-order valence-corrected chi connectivity index (χ2v) is 8.74. The van der Waals surface area contributed by atoms with E-state index in [2.05, 4.69) is 10.3 Å². The van der Waals surface area contributed by atoms with E-state index in [0.29, 0.717) is 54.1 Å². The number of hydrogen-bond donors (Lipinski definition) is 3. The number of rotatable bonds is 9. The van der Waals surface area contributed by atoms with Crippen molar-refractivity contribution in [1.82, 2.24) is 5.32 Å². The summed E-state index contributed by atoms with van der Waals surface area (Å²) in [5.74, 6) is 0.947. The number of benzodiazepines with no additional fused rings is 1. The van der Waals surface area contributed by atoms with Crippen LogP contribution < -0.4 is 15.0 Å². The van der Waals surface area contributed by atoms with Crippen LogP contribution in [0.5, 0.6) is 5.75 Å². The first-order valence-electron chi connectivity index (χ1n) is 11.9. The Labute approximate surface area is 220 Å². The number of aliphatic imine (C=N–C) groups is 1. The third-order valence-corrected chi connectivity index (χ3v) is 5.89. The first-order valence-corrected chi connectivity index (χ1v) is 12.2. The molecule has 8 nitrogen and oxygen atoms in total. The molecule has 1 aliphatic heterocycles. The predicted molar refractivity (Wildman–Crippen MR) is 147 cm³/mol. The van der Waals surface area contributed by atoms with Crippen molar-refractivity contribution < 1.29 is 14.3 Å². The Bertz CT molecular complexity index is 1310. The molecule has 4 rings (SSSR count). The molecule has 0 radical (unpaired) electrons. The molecule has 3 aromatic rings. The predicted octanol–water partition coefficient (Wildman–Crippen LogP) is 4.80. The molecule has 3 N–H and O–H groups in total. The summed E-state index contributed by atoms with van der Waals surface area (Å²) in [4.78, 5) is 18.3. The number of ether oxygens (including phenoxy) is 2. The maximum Gasteiger partial charge on any atom is 0.251 e. The zero-order valence-electron chi connectivity index (χ0n) is 20.5. The van der Waals surface area contributed by atoms with Crippen LogP contribution in [0.25, 0.3) is 0 Å². The van der Waals surface area contributed by atoms with Crippen LogP contribution in [-0.4, -0.2) is 56.2 Å². The lowest BCUT2D eigenvalue weighted by molar-refractivity contribution is 0.0867. The average molecular weight is 518 g/mol. The first kappa shape index (κ1) is 26.1. The van der Waals surface area contributed by atoms with Gasteiger partial charge in [0.2, 0.25) is 0 Å². The smallest absolute Gasteiger partial charge is 0.251 e. The number of carbonyl (C=O) groups excluding carboxylic acids is 1. The molecule has 0 spiro atoms. The highest BCUT2D eigenvalue weighted by Crippen LogP contribution is 2.31. The number of nitrogens with zero attached hydrogens (tertiary/aromatic N) is 2. The van der Waals surface area contributed by atoms with Gasteiger partial charge in [-0.3, -0.25) is 25.5 Å². The van der Waals surface area contributed by atoms with Crippen molar-refractivity contribution in [3.8, 4) is 5.75 Å². The molecule has 0 unspecified atom stereocenters. The Morgan fingerprint density at radius 3 is 2.54 bits per heavy atom. The first-order chi connectivity index (χ1) is 17.9. The second kappa shape index (κ2) is 12.3. The summed E-state index contributed by atoms with van der Waals surface area (Å²) >= 11 is 6.08. The van der Waals surface area contributed by atoms with Gasteiger partial charge in [-0.2, -0.15) is 0 Å². The molecule has 0 saturated heterocycles. The third-order valence-electron chi connectivity index (χ3n) is 5.64. The lowest BCUT2D eigenvalue weighted by Gasteiger charge is -2.24. The fourth-order valence-electron chi connectivity index (χ4n) is 3.93. The highest BCUT2D eigenvalue weighted by molar-refractivity contribution is 6.31. The summed E-state index contributed by atoms with van der Waals surface area (Å²) in [7, 11) is 0. The second-order valence-electron chi connectivity index (χ2n) is 8.30. The minimum atomic E-state index is -0.133. The van der Waals surface area contributed by atoms with Crippen molar-refractivity contribution in [2.24, 2.45) is 4.99 Å². The van der Waals surface area contributed by atoms with Gasteiger partial charge < -0.3 is 14.8 Å².